The highest BCUT2D eigenvalue weighted by molar-refractivity contribution is 6.02. The molecule has 33 heavy (non-hydrogen) atoms. The molecule has 0 saturated heterocycles. The molecule has 1 aliphatic rings. The van der Waals surface area contributed by atoms with Gasteiger partial charge in [0.25, 0.3) is 5.91 Å². The number of benzene rings is 1. The lowest BCUT2D eigenvalue weighted by Crippen LogP contribution is -2.18. The number of nitrogens with zero attached hydrogens (tertiary/aromatic N) is 3. The van der Waals surface area contributed by atoms with E-state index in [1.807, 2.05) is 4.57 Å². The molecule has 0 aliphatic heterocycles. The van der Waals surface area contributed by atoms with E-state index in [2.05, 4.69) is 15.3 Å². The van der Waals surface area contributed by atoms with Crippen molar-refractivity contribution in [2.24, 2.45) is 0 Å². The molecular weight excluding hydrogens is 430 g/mol. The zero-order chi connectivity index (χ0) is 22.9. The quantitative estimate of drug-likeness (QED) is 0.455. The lowest BCUT2D eigenvalue weighted by Gasteiger charge is -2.19. The minimum atomic E-state index is -0.662. The number of hydrogen-bond acceptors (Lipinski definition) is 5. The number of imidazole rings is 1. The Morgan fingerprint density at radius 1 is 1.12 bits per heavy atom. The Morgan fingerprint density at radius 2 is 1.94 bits per heavy atom. The molecule has 9 heteroatoms. The number of hydrogen-bond donors (Lipinski definition) is 2. The van der Waals surface area contributed by atoms with E-state index in [0.29, 0.717) is 29.1 Å². The molecule has 0 spiro atoms. The number of pyridine rings is 1. The van der Waals surface area contributed by atoms with E-state index < -0.39 is 17.8 Å². The largest absolute Gasteiger partial charge is 0.449 e. The standard InChI is InChI=1S/C24H20F2N4O3/c25-15-6-4-14(5-7-15)22-23(30(13-28-22)18-2-1-3-19(18)31)20-8-9-21(33-20)24(32)29-17-10-11-27-12-16(17)26/h4-13,18-19,31H,1-3H2,(H,27,29,32)/t18-,19-/m0/s1. The molecule has 0 bridgehead atoms. The summed E-state index contributed by atoms with van der Waals surface area (Å²) in [5.41, 5.74) is 1.76. The summed E-state index contributed by atoms with van der Waals surface area (Å²) in [6.07, 6.45) is 5.78. The van der Waals surface area contributed by atoms with Gasteiger partial charge in [-0.2, -0.15) is 0 Å². The normalized spacial score (nSPS) is 17.9. The molecule has 5 rings (SSSR count). The third-order valence-electron chi connectivity index (χ3n) is 5.80. The van der Waals surface area contributed by atoms with Gasteiger partial charge in [-0.15, -0.1) is 0 Å². The van der Waals surface area contributed by atoms with E-state index in [4.69, 9.17) is 4.42 Å². The molecule has 2 N–H and O–H groups in total. The van der Waals surface area contributed by atoms with E-state index in [9.17, 15) is 18.7 Å². The number of halogens is 2. The van der Waals surface area contributed by atoms with Crippen LogP contribution in [0.15, 0.2) is 65.6 Å². The second-order valence-corrected chi connectivity index (χ2v) is 7.90. The van der Waals surface area contributed by atoms with Crippen molar-refractivity contribution in [2.75, 3.05) is 5.32 Å². The first kappa shape index (κ1) is 21.0. The maximum atomic E-state index is 13.9. The molecule has 168 valence electrons. The molecule has 1 aromatic carbocycles. The highest BCUT2D eigenvalue weighted by Crippen LogP contribution is 2.39. The van der Waals surface area contributed by atoms with Gasteiger partial charge in [-0.3, -0.25) is 9.78 Å². The van der Waals surface area contributed by atoms with Crippen molar-refractivity contribution < 1.29 is 23.1 Å². The van der Waals surface area contributed by atoms with Crippen LogP contribution in [0.3, 0.4) is 0 Å². The number of rotatable bonds is 5. The van der Waals surface area contributed by atoms with Gasteiger partial charge in [0, 0.05) is 11.8 Å². The second-order valence-electron chi connectivity index (χ2n) is 7.90. The number of nitrogens with one attached hydrogen (secondary N) is 1. The molecule has 1 aliphatic carbocycles. The summed E-state index contributed by atoms with van der Waals surface area (Å²) in [6.45, 7) is 0. The number of amides is 1. The second kappa shape index (κ2) is 8.59. The molecule has 0 radical (unpaired) electrons. The van der Waals surface area contributed by atoms with Gasteiger partial charge in [0.05, 0.1) is 36.1 Å². The lowest BCUT2D eigenvalue weighted by atomic mass is 10.1. The molecule has 1 fully saturated rings. The summed E-state index contributed by atoms with van der Waals surface area (Å²) in [5.74, 6) is -1.32. The molecule has 4 aromatic rings. The summed E-state index contributed by atoms with van der Waals surface area (Å²) in [4.78, 5) is 20.8. The molecule has 7 nitrogen and oxygen atoms in total. The van der Waals surface area contributed by atoms with Gasteiger partial charge in [0.15, 0.2) is 17.3 Å². The fourth-order valence-corrected chi connectivity index (χ4v) is 4.17. The van der Waals surface area contributed by atoms with E-state index in [1.54, 1.807) is 24.5 Å². The predicted molar refractivity (Wildman–Crippen MR) is 116 cm³/mol. The third-order valence-corrected chi connectivity index (χ3v) is 5.80. The minimum absolute atomic E-state index is 0.0147. The van der Waals surface area contributed by atoms with Gasteiger partial charge >= 0.3 is 0 Å². The van der Waals surface area contributed by atoms with Gasteiger partial charge < -0.3 is 19.4 Å². The van der Waals surface area contributed by atoms with Gasteiger partial charge in [0.1, 0.15) is 11.5 Å². The van der Waals surface area contributed by atoms with Crippen molar-refractivity contribution in [3.05, 3.63) is 78.6 Å². The Labute approximate surface area is 187 Å². The van der Waals surface area contributed by atoms with Crippen LogP contribution in [0.5, 0.6) is 0 Å². The van der Waals surface area contributed by atoms with Crippen molar-refractivity contribution in [2.45, 2.75) is 31.4 Å². The first-order valence-corrected chi connectivity index (χ1v) is 10.5. The SMILES string of the molecule is O=C(Nc1ccncc1F)c1ccc(-c2c(-c3ccc(F)cc3)ncn2[C@H]2CCC[C@@H]2O)o1. The van der Waals surface area contributed by atoms with Gasteiger partial charge in [-0.25, -0.2) is 13.8 Å². The van der Waals surface area contributed by atoms with Crippen molar-refractivity contribution in [1.82, 2.24) is 14.5 Å². The van der Waals surface area contributed by atoms with E-state index in [0.717, 1.165) is 19.0 Å². The van der Waals surface area contributed by atoms with Crippen LogP contribution < -0.4 is 5.32 Å². The van der Waals surface area contributed by atoms with Crippen LogP contribution in [-0.4, -0.2) is 31.7 Å². The average Bonchev–Trinajstić information content (AvgIpc) is 3.54. The Balaban J connectivity index is 1.53. The molecule has 1 amide bonds. The van der Waals surface area contributed by atoms with Crippen LogP contribution in [0, 0.1) is 11.6 Å². The van der Waals surface area contributed by atoms with E-state index >= 15 is 0 Å². The zero-order valence-corrected chi connectivity index (χ0v) is 17.4. The summed E-state index contributed by atoms with van der Waals surface area (Å²) in [7, 11) is 0. The molecular formula is C24H20F2N4O3. The van der Waals surface area contributed by atoms with Gasteiger partial charge in [0.2, 0.25) is 0 Å². The number of furan rings is 1. The third kappa shape index (κ3) is 4.03. The van der Waals surface area contributed by atoms with Gasteiger partial charge in [-0.05, 0) is 61.7 Å². The van der Waals surface area contributed by atoms with Crippen molar-refractivity contribution in [1.29, 1.82) is 0 Å². The zero-order valence-electron chi connectivity index (χ0n) is 17.4. The number of aliphatic hydroxyl groups is 1. The Kier molecular flexibility index (Phi) is 5.47. The molecule has 0 unspecified atom stereocenters. The Hall–Kier alpha value is -3.85. The van der Waals surface area contributed by atoms with Crippen LogP contribution in [-0.2, 0) is 0 Å². The van der Waals surface area contributed by atoms with Gasteiger partial charge in [-0.1, -0.05) is 0 Å². The monoisotopic (exact) mass is 450 g/mol. The maximum Gasteiger partial charge on any atom is 0.291 e. The fraction of sp³-hybridized carbons (Fsp3) is 0.208. The van der Waals surface area contributed by atoms with Crippen LogP contribution in [0.1, 0.15) is 35.9 Å². The molecule has 3 heterocycles. The molecule has 3 aromatic heterocycles. The maximum absolute atomic E-state index is 13.9. The molecule has 1 saturated carbocycles. The van der Waals surface area contributed by atoms with Crippen LogP contribution in [0.25, 0.3) is 22.7 Å². The number of carbonyl (C=O) groups excluding carboxylic acids is 1. The number of anilines is 1. The van der Waals surface area contributed by atoms with E-state index in [1.165, 1.54) is 30.5 Å². The van der Waals surface area contributed by atoms with Crippen LogP contribution in [0.4, 0.5) is 14.5 Å². The minimum Gasteiger partial charge on any atom is -0.449 e. The smallest absolute Gasteiger partial charge is 0.291 e. The number of carbonyl (C=O) groups is 1. The van der Waals surface area contributed by atoms with Crippen molar-refractivity contribution >= 4 is 11.6 Å². The predicted octanol–water partition coefficient (Wildman–Crippen LogP) is 4.82. The first-order valence-electron chi connectivity index (χ1n) is 10.5. The Bertz CT molecular complexity index is 1300. The molecule has 2 atom stereocenters. The summed E-state index contributed by atoms with van der Waals surface area (Å²) < 4.78 is 35.0. The Morgan fingerprint density at radius 3 is 2.67 bits per heavy atom. The van der Waals surface area contributed by atoms with Crippen molar-refractivity contribution in [3.63, 3.8) is 0 Å². The fourth-order valence-electron chi connectivity index (χ4n) is 4.17. The van der Waals surface area contributed by atoms with E-state index in [-0.39, 0.29) is 23.3 Å². The number of aromatic nitrogens is 3. The topological polar surface area (TPSA) is 93.2 Å². The lowest BCUT2D eigenvalue weighted by molar-refractivity contribution is 0.0996. The van der Waals surface area contributed by atoms with Crippen LogP contribution >= 0.6 is 0 Å². The number of aliphatic hydroxyl groups excluding tert-OH is 1. The highest BCUT2D eigenvalue weighted by atomic mass is 19.1. The van der Waals surface area contributed by atoms with Crippen LogP contribution in [0.2, 0.25) is 0 Å². The summed E-state index contributed by atoms with van der Waals surface area (Å²) >= 11 is 0. The first-order chi connectivity index (χ1) is 16.0. The van der Waals surface area contributed by atoms with Crippen molar-refractivity contribution in [3.8, 4) is 22.7 Å². The summed E-state index contributed by atoms with van der Waals surface area (Å²) in [5, 5.41) is 12.9. The average molecular weight is 450 g/mol. The summed E-state index contributed by atoms with van der Waals surface area (Å²) in [6, 6.07) is 10.2. The highest BCUT2D eigenvalue weighted by Gasteiger charge is 2.31.